The fourth-order valence-electron chi connectivity index (χ4n) is 2.79. The molecule has 0 radical (unpaired) electrons. The quantitative estimate of drug-likeness (QED) is 0.584. The largest absolute Gasteiger partial charge is 0.461 e. The Labute approximate surface area is 178 Å². The van der Waals surface area contributed by atoms with Crippen LogP contribution in [0.25, 0.3) is 0 Å². The van der Waals surface area contributed by atoms with Gasteiger partial charge in [0.25, 0.3) is 0 Å². The zero-order valence-electron chi connectivity index (χ0n) is 16.6. The smallest absolute Gasteiger partial charge is 0.367 e. The van der Waals surface area contributed by atoms with Gasteiger partial charge in [-0.2, -0.15) is 4.31 Å². The van der Waals surface area contributed by atoms with Gasteiger partial charge in [-0.15, -0.1) is 11.3 Å². The summed E-state index contributed by atoms with van der Waals surface area (Å²) in [6.07, 6.45) is 0. The van der Waals surface area contributed by atoms with Crippen molar-refractivity contribution in [1.29, 1.82) is 0 Å². The van der Waals surface area contributed by atoms with Crippen molar-refractivity contribution in [3.8, 4) is 0 Å². The number of esters is 2. The van der Waals surface area contributed by atoms with Crippen LogP contribution in [-0.4, -0.2) is 62.6 Å². The molecule has 0 bridgehead atoms. The molecule has 162 valence electrons. The molecule has 1 aliphatic heterocycles. The first-order chi connectivity index (χ1) is 14.3. The van der Waals surface area contributed by atoms with Gasteiger partial charge in [0.1, 0.15) is 6.61 Å². The molecular formula is C19H22N2O7S2. The van der Waals surface area contributed by atoms with Gasteiger partial charge in [-0.05, 0) is 31.5 Å². The summed E-state index contributed by atoms with van der Waals surface area (Å²) in [7, 11) is -3.73. The topological polar surface area (TPSA) is 112 Å². The van der Waals surface area contributed by atoms with Crippen LogP contribution in [0.1, 0.15) is 38.3 Å². The van der Waals surface area contributed by atoms with Crippen molar-refractivity contribution >= 4 is 33.3 Å². The molecule has 2 aromatic rings. The molecule has 1 aromatic carbocycles. The first kappa shape index (κ1) is 22.3. The molecule has 2 heterocycles. The average Bonchev–Trinajstić information content (AvgIpc) is 3.22. The molecule has 0 aliphatic carbocycles. The van der Waals surface area contributed by atoms with E-state index >= 15 is 0 Å². The molecule has 11 heteroatoms. The third-order valence-electron chi connectivity index (χ3n) is 4.39. The molecule has 1 fully saturated rings. The Morgan fingerprint density at radius 1 is 1.20 bits per heavy atom. The highest BCUT2D eigenvalue weighted by Gasteiger charge is 2.27. The number of sulfonamides is 1. The molecule has 0 N–H and O–H groups in total. The van der Waals surface area contributed by atoms with Gasteiger partial charge < -0.3 is 14.2 Å². The summed E-state index contributed by atoms with van der Waals surface area (Å²) in [6.45, 7) is 4.70. The molecule has 1 saturated heterocycles. The van der Waals surface area contributed by atoms with Crippen LogP contribution in [0, 0.1) is 6.92 Å². The van der Waals surface area contributed by atoms with Gasteiger partial charge in [-0.3, -0.25) is 0 Å². The minimum atomic E-state index is -3.73. The van der Waals surface area contributed by atoms with E-state index in [0.717, 1.165) is 11.3 Å². The molecule has 0 unspecified atom stereocenters. The summed E-state index contributed by atoms with van der Waals surface area (Å²) in [5.74, 6) is -1.20. The first-order valence-corrected chi connectivity index (χ1v) is 11.6. The highest BCUT2D eigenvalue weighted by atomic mass is 32.2. The van der Waals surface area contributed by atoms with E-state index < -0.39 is 22.0 Å². The van der Waals surface area contributed by atoms with Crippen molar-refractivity contribution in [1.82, 2.24) is 9.29 Å². The summed E-state index contributed by atoms with van der Waals surface area (Å²) in [4.78, 5) is 28.4. The molecule has 30 heavy (non-hydrogen) atoms. The second kappa shape index (κ2) is 9.65. The van der Waals surface area contributed by atoms with Gasteiger partial charge in [-0.25, -0.2) is 23.0 Å². The number of carbonyl (C=O) groups is 2. The summed E-state index contributed by atoms with van der Waals surface area (Å²) in [5.41, 5.74) is 1.16. The minimum absolute atomic E-state index is 0.0280. The molecule has 9 nitrogen and oxygen atoms in total. The van der Waals surface area contributed by atoms with E-state index in [1.807, 2.05) is 0 Å². The predicted molar refractivity (Wildman–Crippen MR) is 108 cm³/mol. The van der Waals surface area contributed by atoms with Crippen molar-refractivity contribution in [2.75, 3.05) is 32.9 Å². The van der Waals surface area contributed by atoms with E-state index in [0.29, 0.717) is 24.5 Å². The molecule has 1 aromatic heterocycles. The Hall–Kier alpha value is -2.34. The van der Waals surface area contributed by atoms with Crippen molar-refractivity contribution < 1.29 is 32.2 Å². The molecule has 0 atom stereocenters. The van der Waals surface area contributed by atoms with Crippen LogP contribution in [0.2, 0.25) is 0 Å². The monoisotopic (exact) mass is 454 g/mol. The van der Waals surface area contributed by atoms with E-state index in [2.05, 4.69) is 4.98 Å². The highest BCUT2D eigenvalue weighted by molar-refractivity contribution is 7.89. The van der Waals surface area contributed by atoms with Crippen molar-refractivity contribution in [2.45, 2.75) is 25.3 Å². The summed E-state index contributed by atoms with van der Waals surface area (Å²) >= 11 is 1.10. The lowest BCUT2D eigenvalue weighted by atomic mass is 10.1. The van der Waals surface area contributed by atoms with Gasteiger partial charge in [-0.1, -0.05) is 6.07 Å². The minimum Gasteiger partial charge on any atom is -0.461 e. The van der Waals surface area contributed by atoms with E-state index in [-0.39, 0.29) is 41.8 Å². The maximum atomic E-state index is 12.8. The number of hydrogen-bond donors (Lipinski definition) is 0. The van der Waals surface area contributed by atoms with E-state index in [1.165, 1.54) is 16.4 Å². The Morgan fingerprint density at radius 3 is 2.63 bits per heavy atom. The number of rotatable bonds is 7. The van der Waals surface area contributed by atoms with Gasteiger partial charge >= 0.3 is 11.9 Å². The number of aryl methyl sites for hydroxylation is 1. The van der Waals surface area contributed by atoms with E-state index in [4.69, 9.17) is 14.2 Å². The number of thiazole rings is 1. The van der Waals surface area contributed by atoms with Crippen LogP contribution in [0.15, 0.2) is 28.5 Å². The molecular weight excluding hydrogens is 432 g/mol. The summed E-state index contributed by atoms with van der Waals surface area (Å²) < 4.78 is 42.4. The first-order valence-electron chi connectivity index (χ1n) is 9.30. The van der Waals surface area contributed by atoms with Gasteiger partial charge in [0, 0.05) is 18.5 Å². The zero-order chi connectivity index (χ0) is 21.7. The molecule has 0 spiro atoms. The average molecular weight is 455 g/mol. The maximum Gasteiger partial charge on any atom is 0.367 e. The second-order valence-electron chi connectivity index (χ2n) is 6.43. The van der Waals surface area contributed by atoms with Crippen molar-refractivity contribution in [3.05, 3.63) is 45.4 Å². The third kappa shape index (κ3) is 5.04. The third-order valence-corrected chi connectivity index (χ3v) is 7.16. The standard InChI is InChI=1S/C19H22N2O7S2/c1-3-27-19(23)17-20-14(12-29-17)11-28-18(22)16-10-15(5-4-13(16)2)30(24,25)21-6-8-26-9-7-21/h4-5,10,12H,3,6-9,11H2,1-2H3. The van der Waals surface area contributed by atoms with E-state index in [1.54, 1.807) is 25.3 Å². The SMILES string of the molecule is CCOC(=O)c1nc(COC(=O)c2cc(S(=O)(=O)N3CCOCC3)ccc2C)cs1. The van der Waals surface area contributed by atoms with Crippen LogP contribution in [0.5, 0.6) is 0 Å². The number of carbonyl (C=O) groups excluding carboxylic acids is 2. The summed E-state index contributed by atoms with van der Waals surface area (Å²) in [5, 5.41) is 1.78. The fourth-order valence-corrected chi connectivity index (χ4v) is 4.92. The van der Waals surface area contributed by atoms with Crippen LogP contribution in [-0.2, 0) is 30.8 Å². The number of benzene rings is 1. The molecule has 0 saturated carbocycles. The van der Waals surface area contributed by atoms with Gasteiger partial charge in [0.15, 0.2) is 0 Å². The molecule has 0 amide bonds. The Morgan fingerprint density at radius 2 is 1.93 bits per heavy atom. The van der Waals surface area contributed by atoms with E-state index in [9.17, 15) is 18.0 Å². The fraction of sp³-hybridized carbons (Fsp3) is 0.421. The van der Waals surface area contributed by atoms with Crippen LogP contribution >= 0.6 is 11.3 Å². The van der Waals surface area contributed by atoms with Crippen LogP contribution < -0.4 is 0 Å². The highest BCUT2D eigenvalue weighted by Crippen LogP contribution is 2.22. The number of nitrogens with zero attached hydrogens (tertiary/aromatic N) is 2. The Kier molecular flexibility index (Phi) is 7.19. The van der Waals surface area contributed by atoms with Gasteiger partial charge in [0.05, 0.1) is 36.0 Å². The Balaban J connectivity index is 1.72. The molecule has 3 rings (SSSR count). The lowest BCUT2D eigenvalue weighted by Crippen LogP contribution is -2.40. The lowest BCUT2D eigenvalue weighted by molar-refractivity contribution is 0.0467. The lowest BCUT2D eigenvalue weighted by Gasteiger charge is -2.26. The predicted octanol–water partition coefficient (Wildman–Crippen LogP) is 2.01. The molecule has 1 aliphatic rings. The second-order valence-corrected chi connectivity index (χ2v) is 9.23. The maximum absolute atomic E-state index is 12.8. The number of morpholine rings is 1. The van der Waals surface area contributed by atoms with Crippen LogP contribution in [0.3, 0.4) is 0 Å². The number of hydrogen-bond acceptors (Lipinski definition) is 9. The van der Waals surface area contributed by atoms with Crippen LogP contribution in [0.4, 0.5) is 0 Å². The zero-order valence-corrected chi connectivity index (χ0v) is 18.3. The number of ether oxygens (including phenoxy) is 3. The Bertz CT molecular complexity index is 1030. The number of aromatic nitrogens is 1. The van der Waals surface area contributed by atoms with Crippen molar-refractivity contribution in [2.24, 2.45) is 0 Å². The van der Waals surface area contributed by atoms with Crippen molar-refractivity contribution in [3.63, 3.8) is 0 Å². The van der Waals surface area contributed by atoms with Gasteiger partial charge in [0.2, 0.25) is 15.0 Å². The normalized spacial score (nSPS) is 15.0. The summed E-state index contributed by atoms with van der Waals surface area (Å²) in [6, 6.07) is 4.38.